The first kappa shape index (κ1) is 14.1. The van der Waals surface area contributed by atoms with Crippen molar-refractivity contribution in [1.82, 2.24) is 15.3 Å². The molecule has 0 saturated carbocycles. The average Bonchev–Trinajstić information content (AvgIpc) is 2.45. The van der Waals surface area contributed by atoms with Crippen molar-refractivity contribution in [2.24, 2.45) is 0 Å². The summed E-state index contributed by atoms with van der Waals surface area (Å²) in [7, 11) is 0. The summed E-state index contributed by atoms with van der Waals surface area (Å²) in [4.78, 5) is 18.6. The number of hydrogen-bond donors (Lipinski definition) is 1. The van der Waals surface area contributed by atoms with Gasteiger partial charge in [0.05, 0.1) is 10.6 Å². The number of nitro benzene ring substituents is 1. The largest absolute Gasteiger partial charge is 0.305 e. The van der Waals surface area contributed by atoms with Crippen molar-refractivity contribution in [2.45, 2.75) is 26.4 Å². The van der Waals surface area contributed by atoms with Crippen molar-refractivity contribution in [3.63, 3.8) is 0 Å². The summed E-state index contributed by atoms with van der Waals surface area (Å²) in [5, 5.41) is 13.9. The molecule has 1 N–H and O–H groups in total. The van der Waals surface area contributed by atoms with E-state index in [0.29, 0.717) is 6.54 Å². The fraction of sp³-hybridized carbons (Fsp3) is 0.286. The fourth-order valence-electron chi connectivity index (χ4n) is 1.86. The number of aromatic nitrogens is 2. The highest BCUT2D eigenvalue weighted by Crippen LogP contribution is 2.17. The fourth-order valence-corrected chi connectivity index (χ4v) is 1.86. The third-order valence-electron chi connectivity index (χ3n) is 3.03. The van der Waals surface area contributed by atoms with Crippen LogP contribution in [0.1, 0.15) is 30.0 Å². The van der Waals surface area contributed by atoms with Gasteiger partial charge >= 0.3 is 0 Å². The molecule has 0 spiro atoms. The van der Waals surface area contributed by atoms with Gasteiger partial charge in [0.1, 0.15) is 5.82 Å². The number of aryl methyl sites for hydroxylation is 1. The molecule has 1 unspecified atom stereocenters. The maximum Gasteiger partial charge on any atom is 0.269 e. The second-order valence-electron chi connectivity index (χ2n) is 4.55. The van der Waals surface area contributed by atoms with Crippen molar-refractivity contribution < 1.29 is 4.92 Å². The molecule has 2 rings (SSSR count). The van der Waals surface area contributed by atoms with Gasteiger partial charge in [-0.15, -0.1) is 0 Å². The molecular weight excluding hydrogens is 256 g/mol. The van der Waals surface area contributed by atoms with Crippen LogP contribution >= 0.6 is 0 Å². The van der Waals surface area contributed by atoms with Gasteiger partial charge in [-0.05, 0) is 25.5 Å². The van der Waals surface area contributed by atoms with E-state index in [2.05, 4.69) is 15.3 Å². The first-order chi connectivity index (χ1) is 9.56. The zero-order valence-electron chi connectivity index (χ0n) is 11.4. The Labute approximate surface area is 117 Å². The van der Waals surface area contributed by atoms with Crippen LogP contribution in [0.2, 0.25) is 0 Å². The Morgan fingerprint density at radius 2 is 2.00 bits per heavy atom. The molecule has 1 heterocycles. The predicted molar refractivity (Wildman–Crippen MR) is 75.1 cm³/mol. The lowest BCUT2D eigenvalue weighted by atomic mass is 10.1. The van der Waals surface area contributed by atoms with Gasteiger partial charge in [0.25, 0.3) is 5.69 Å². The monoisotopic (exact) mass is 272 g/mol. The first-order valence-electron chi connectivity index (χ1n) is 6.32. The van der Waals surface area contributed by atoms with Gasteiger partial charge in [-0.25, -0.2) is 9.97 Å². The minimum atomic E-state index is -0.397. The molecule has 0 fully saturated rings. The zero-order chi connectivity index (χ0) is 14.5. The van der Waals surface area contributed by atoms with E-state index >= 15 is 0 Å². The van der Waals surface area contributed by atoms with Crippen LogP contribution in [0.15, 0.2) is 36.5 Å². The number of rotatable bonds is 5. The summed E-state index contributed by atoms with van der Waals surface area (Å²) in [5.74, 6) is 0.743. The number of hydrogen-bond acceptors (Lipinski definition) is 5. The molecule has 0 amide bonds. The Morgan fingerprint density at radius 3 is 2.60 bits per heavy atom. The quantitative estimate of drug-likeness (QED) is 0.668. The van der Waals surface area contributed by atoms with Crippen LogP contribution < -0.4 is 5.32 Å². The van der Waals surface area contributed by atoms with Crippen LogP contribution in [0.5, 0.6) is 0 Å². The summed E-state index contributed by atoms with van der Waals surface area (Å²) >= 11 is 0. The van der Waals surface area contributed by atoms with Crippen LogP contribution in [-0.4, -0.2) is 14.9 Å². The highest BCUT2D eigenvalue weighted by molar-refractivity contribution is 5.34. The molecule has 1 atom stereocenters. The zero-order valence-corrected chi connectivity index (χ0v) is 11.4. The second kappa shape index (κ2) is 6.21. The standard InChI is InChI=1S/C14H16N4O2/c1-10(12-3-5-14(6-4-12)18(19)20)16-9-13-7-8-15-11(2)17-13/h3-8,10,16H,9H2,1-2H3. The highest BCUT2D eigenvalue weighted by atomic mass is 16.6. The van der Waals surface area contributed by atoms with Crippen molar-refractivity contribution >= 4 is 5.69 Å². The molecule has 20 heavy (non-hydrogen) atoms. The molecule has 0 aliphatic carbocycles. The van der Waals surface area contributed by atoms with Crippen molar-refractivity contribution in [2.75, 3.05) is 0 Å². The maximum absolute atomic E-state index is 10.6. The third-order valence-corrected chi connectivity index (χ3v) is 3.03. The Bertz CT molecular complexity index is 598. The van der Waals surface area contributed by atoms with E-state index in [9.17, 15) is 10.1 Å². The molecule has 0 bridgehead atoms. The highest BCUT2D eigenvalue weighted by Gasteiger charge is 2.09. The van der Waals surface area contributed by atoms with E-state index < -0.39 is 4.92 Å². The van der Waals surface area contributed by atoms with E-state index in [-0.39, 0.29) is 11.7 Å². The maximum atomic E-state index is 10.6. The van der Waals surface area contributed by atoms with Crippen LogP contribution in [0.4, 0.5) is 5.69 Å². The van der Waals surface area contributed by atoms with E-state index in [1.807, 2.05) is 19.9 Å². The molecule has 104 valence electrons. The molecule has 1 aromatic carbocycles. The van der Waals surface area contributed by atoms with E-state index in [1.165, 1.54) is 12.1 Å². The topological polar surface area (TPSA) is 81.0 Å². The minimum Gasteiger partial charge on any atom is -0.305 e. The lowest BCUT2D eigenvalue weighted by molar-refractivity contribution is -0.384. The van der Waals surface area contributed by atoms with Crippen molar-refractivity contribution in [1.29, 1.82) is 0 Å². The van der Waals surface area contributed by atoms with Gasteiger partial charge in [-0.3, -0.25) is 10.1 Å². The molecular formula is C14H16N4O2. The van der Waals surface area contributed by atoms with Gasteiger partial charge in [0.2, 0.25) is 0 Å². The Balaban J connectivity index is 1.97. The van der Waals surface area contributed by atoms with Crippen LogP contribution in [0.25, 0.3) is 0 Å². The molecule has 6 nitrogen and oxygen atoms in total. The first-order valence-corrected chi connectivity index (χ1v) is 6.32. The molecule has 6 heteroatoms. The average molecular weight is 272 g/mol. The molecule has 1 aromatic heterocycles. The van der Waals surface area contributed by atoms with Gasteiger partial charge in [0, 0.05) is 30.9 Å². The Morgan fingerprint density at radius 1 is 1.30 bits per heavy atom. The normalized spacial score (nSPS) is 12.1. The van der Waals surface area contributed by atoms with Crippen molar-refractivity contribution in [3.05, 3.63) is 63.7 Å². The molecule has 0 radical (unpaired) electrons. The molecule has 0 aliphatic rings. The summed E-state index contributed by atoms with van der Waals surface area (Å²) in [6, 6.07) is 8.51. The van der Waals surface area contributed by atoms with E-state index in [4.69, 9.17) is 0 Å². The lowest BCUT2D eigenvalue weighted by Crippen LogP contribution is -2.19. The number of nitrogens with one attached hydrogen (secondary N) is 1. The van der Waals surface area contributed by atoms with Crippen LogP contribution in [0.3, 0.4) is 0 Å². The van der Waals surface area contributed by atoms with Gasteiger partial charge in [0.15, 0.2) is 0 Å². The predicted octanol–water partition coefficient (Wildman–Crippen LogP) is 2.54. The van der Waals surface area contributed by atoms with Gasteiger partial charge in [-0.2, -0.15) is 0 Å². The summed E-state index contributed by atoms with van der Waals surface area (Å²) < 4.78 is 0. The second-order valence-corrected chi connectivity index (χ2v) is 4.55. The Kier molecular flexibility index (Phi) is 4.37. The third kappa shape index (κ3) is 3.58. The SMILES string of the molecule is Cc1nccc(CNC(C)c2ccc([N+](=O)[O-])cc2)n1. The number of non-ortho nitro benzene ring substituents is 1. The van der Waals surface area contributed by atoms with Gasteiger partial charge in [-0.1, -0.05) is 12.1 Å². The Hall–Kier alpha value is -2.34. The minimum absolute atomic E-state index is 0.0890. The van der Waals surface area contributed by atoms with Gasteiger partial charge < -0.3 is 5.32 Å². The van der Waals surface area contributed by atoms with Crippen LogP contribution in [-0.2, 0) is 6.54 Å². The molecule has 0 aliphatic heterocycles. The number of nitro groups is 1. The molecule has 2 aromatic rings. The summed E-state index contributed by atoms with van der Waals surface area (Å²) in [5.41, 5.74) is 2.03. The van der Waals surface area contributed by atoms with E-state index in [1.54, 1.807) is 18.3 Å². The summed E-state index contributed by atoms with van der Waals surface area (Å²) in [6.45, 7) is 4.49. The van der Waals surface area contributed by atoms with Crippen molar-refractivity contribution in [3.8, 4) is 0 Å². The van der Waals surface area contributed by atoms with E-state index in [0.717, 1.165) is 17.1 Å². The summed E-state index contributed by atoms with van der Waals surface area (Å²) in [6.07, 6.45) is 1.73. The lowest BCUT2D eigenvalue weighted by Gasteiger charge is -2.13. The smallest absolute Gasteiger partial charge is 0.269 e. The number of benzene rings is 1. The van der Waals surface area contributed by atoms with Crippen LogP contribution in [0, 0.1) is 17.0 Å². The number of nitrogens with zero attached hydrogens (tertiary/aromatic N) is 3. The molecule has 0 saturated heterocycles.